The first kappa shape index (κ1) is 18.4. The van der Waals surface area contributed by atoms with Crippen LogP contribution in [0.4, 0.5) is 27.6 Å². The van der Waals surface area contributed by atoms with Crippen molar-refractivity contribution in [2.75, 3.05) is 5.73 Å². The van der Waals surface area contributed by atoms with Gasteiger partial charge in [-0.3, -0.25) is 0 Å². The highest BCUT2D eigenvalue weighted by atomic mass is 19.4. The number of aromatic nitrogens is 3. The minimum atomic E-state index is -4.77. The van der Waals surface area contributed by atoms with Crippen molar-refractivity contribution < 1.29 is 26.7 Å². The smallest absolute Gasteiger partial charge is 0.406 e. The van der Waals surface area contributed by atoms with Crippen LogP contribution in [0.2, 0.25) is 0 Å². The van der Waals surface area contributed by atoms with E-state index in [1.165, 1.54) is 35.3 Å². The van der Waals surface area contributed by atoms with Crippen LogP contribution in [0.25, 0.3) is 17.8 Å². The van der Waals surface area contributed by atoms with E-state index >= 15 is 0 Å². The highest BCUT2D eigenvalue weighted by Crippen LogP contribution is 2.23. The highest BCUT2D eigenvalue weighted by molar-refractivity contribution is 5.67. The van der Waals surface area contributed by atoms with Crippen LogP contribution in [-0.2, 0) is 0 Å². The standard InChI is InChI=1S/C17H11F5N4O/c18-13-7-10(8-14(19)16(13)23)1-6-15-24-9-26(25-15)11-2-4-12(5-3-11)27-17(20,21)22/h1-9H,23H2. The Kier molecular flexibility index (Phi) is 4.80. The van der Waals surface area contributed by atoms with Crippen molar-refractivity contribution in [3.63, 3.8) is 0 Å². The molecular formula is C17H11F5N4O. The van der Waals surface area contributed by atoms with Gasteiger partial charge in [-0.05, 0) is 48.0 Å². The molecule has 0 spiro atoms. The Balaban J connectivity index is 1.75. The number of nitrogens with zero attached hydrogens (tertiary/aromatic N) is 3. The quantitative estimate of drug-likeness (QED) is 0.543. The van der Waals surface area contributed by atoms with E-state index in [1.807, 2.05) is 0 Å². The second kappa shape index (κ2) is 7.06. The highest BCUT2D eigenvalue weighted by Gasteiger charge is 2.30. The lowest BCUT2D eigenvalue weighted by atomic mass is 10.1. The molecule has 1 heterocycles. The average Bonchev–Trinajstić information content (AvgIpc) is 3.06. The van der Waals surface area contributed by atoms with E-state index in [0.717, 1.165) is 24.3 Å². The fraction of sp³-hybridized carbons (Fsp3) is 0.0588. The lowest BCUT2D eigenvalue weighted by molar-refractivity contribution is -0.274. The first-order chi connectivity index (χ1) is 12.7. The van der Waals surface area contributed by atoms with Crippen LogP contribution in [0, 0.1) is 11.6 Å². The van der Waals surface area contributed by atoms with Crippen molar-refractivity contribution in [3.05, 3.63) is 65.7 Å². The molecule has 2 N–H and O–H groups in total. The molecule has 27 heavy (non-hydrogen) atoms. The molecule has 0 aliphatic carbocycles. The van der Waals surface area contributed by atoms with Crippen LogP contribution in [0.15, 0.2) is 42.7 Å². The van der Waals surface area contributed by atoms with Gasteiger partial charge in [0.1, 0.15) is 29.4 Å². The van der Waals surface area contributed by atoms with Crippen LogP contribution in [0.1, 0.15) is 11.4 Å². The molecule has 0 bridgehead atoms. The van der Waals surface area contributed by atoms with E-state index in [4.69, 9.17) is 5.73 Å². The molecule has 0 saturated carbocycles. The third-order valence-electron chi connectivity index (χ3n) is 3.37. The SMILES string of the molecule is Nc1c(F)cc(C=Cc2ncn(-c3ccc(OC(F)(F)F)cc3)n2)cc1F. The molecule has 5 nitrogen and oxygen atoms in total. The number of rotatable bonds is 4. The summed E-state index contributed by atoms with van der Waals surface area (Å²) < 4.78 is 68.4. The maximum Gasteiger partial charge on any atom is 0.573 e. The molecule has 0 amide bonds. The van der Waals surface area contributed by atoms with Crippen LogP contribution in [0.3, 0.4) is 0 Å². The second-order valence-electron chi connectivity index (χ2n) is 5.32. The summed E-state index contributed by atoms with van der Waals surface area (Å²) in [6.45, 7) is 0. The molecular weight excluding hydrogens is 371 g/mol. The number of halogens is 5. The van der Waals surface area contributed by atoms with Gasteiger partial charge in [-0.2, -0.15) is 0 Å². The average molecular weight is 382 g/mol. The summed E-state index contributed by atoms with van der Waals surface area (Å²) in [6.07, 6.45) is -0.620. The van der Waals surface area contributed by atoms with Crippen LogP contribution >= 0.6 is 0 Å². The van der Waals surface area contributed by atoms with Gasteiger partial charge >= 0.3 is 6.36 Å². The number of anilines is 1. The van der Waals surface area contributed by atoms with E-state index in [1.54, 1.807) is 0 Å². The summed E-state index contributed by atoms with van der Waals surface area (Å²) in [5, 5.41) is 4.11. The Hall–Kier alpha value is -3.43. The molecule has 0 aliphatic heterocycles. The summed E-state index contributed by atoms with van der Waals surface area (Å²) in [5.41, 5.74) is 5.31. The minimum Gasteiger partial charge on any atom is -0.406 e. The summed E-state index contributed by atoms with van der Waals surface area (Å²) in [5.74, 6) is -1.90. The Morgan fingerprint density at radius 2 is 1.63 bits per heavy atom. The maximum absolute atomic E-state index is 13.4. The summed E-state index contributed by atoms with van der Waals surface area (Å²) in [7, 11) is 0. The normalized spacial score (nSPS) is 11.9. The molecule has 0 saturated heterocycles. The lowest BCUT2D eigenvalue weighted by Gasteiger charge is -2.09. The Labute approximate surface area is 149 Å². The Bertz CT molecular complexity index is 957. The molecule has 1 aromatic heterocycles. The zero-order chi connectivity index (χ0) is 19.6. The fourth-order valence-corrected chi connectivity index (χ4v) is 2.15. The Morgan fingerprint density at radius 3 is 2.22 bits per heavy atom. The molecule has 3 aromatic rings. The summed E-state index contributed by atoms with van der Waals surface area (Å²) in [6, 6.07) is 7.14. The van der Waals surface area contributed by atoms with Crippen molar-refractivity contribution >= 4 is 17.8 Å². The molecule has 0 aliphatic rings. The van der Waals surface area contributed by atoms with Crippen molar-refractivity contribution in [2.45, 2.75) is 6.36 Å². The van der Waals surface area contributed by atoms with Gasteiger partial charge in [0.2, 0.25) is 0 Å². The fourth-order valence-electron chi connectivity index (χ4n) is 2.15. The van der Waals surface area contributed by atoms with Crippen molar-refractivity contribution in [3.8, 4) is 11.4 Å². The molecule has 140 valence electrons. The Morgan fingerprint density at radius 1 is 1.00 bits per heavy atom. The van der Waals surface area contributed by atoms with E-state index < -0.39 is 23.7 Å². The molecule has 0 radical (unpaired) electrons. The van der Waals surface area contributed by atoms with Gasteiger partial charge in [-0.15, -0.1) is 18.3 Å². The number of alkyl halides is 3. The largest absolute Gasteiger partial charge is 0.573 e. The van der Waals surface area contributed by atoms with Crippen molar-refractivity contribution in [2.24, 2.45) is 0 Å². The predicted octanol–water partition coefficient (Wildman–Crippen LogP) is 4.20. The van der Waals surface area contributed by atoms with Gasteiger partial charge in [-0.1, -0.05) is 6.08 Å². The van der Waals surface area contributed by atoms with E-state index in [9.17, 15) is 22.0 Å². The summed E-state index contributed by atoms with van der Waals surface area (Å²) in [4.78, 5) is 3.99. The van der Waals surface area contributed by atoms with E-state index in [-0.39, 0.29) is 17.1 Å². The first-order valence-electron chi connectivity index (χ1n) is 7.42. The molecule has 0 fully saturated rings. The number of ether oxygens (including phenoxy) is 1. The first-order valence-corrected chi connectivity index (χ1v) is 7.42. The van der Waals surface area contributed by atoms with Gasteiger partial charge < -0.3 is 10.5 Å². The number of nitrogens with two attached hydrogens (primary N) is 1. The number of benzene rings is 2. The third-order valence-corrected chi connectivity index (χ3v) is 3.37. The zero-order valence-corrected chi connectivity index (χ0v) is 13.4. The summed E-state index contributed by atoms with van der Waals surface area (Å²) >= 11 is 0. The zero-order valence-electron chi connectivity index (χ0n) is 13.4. The molecule has 0 atom stereocenters. The van der Waals surface area contributed by atoms with Crippen molar-refractivity contribution in [1.29, 1.82) is 0 Å². The topological polar surface area (TPSA) is 66.0 Å². The van der Waals surface area contributed by atoms with Gasteiger partial charge in [0.25, 0.3) is 0 Å². The monoisotopic (exact) mass is 382 g/mol. The lowest BCUT2D eigenvalue weighted by Crippen LogP contribution is -2.17. The molecule has 2 aromatic carbocycles. The number of hydrogen-bond acceptors (Lipinski definition) is 4. The van der Waals surface area contributed by atoms with Crippen LogP contribution < -0.4 is 10.5 Å². The van der Waals surface area contributed by atoms with Gasteiger partial charge in [0, 0.05) is 0 Å². The molecule has 10 heteroatoms. The molecule has 3 rings (SSSR count). The van der Waals surface area contributed by atoms with Crippen LogP contribution in [-0.4, -0.2) is 21.1 Å². The third kappa shape index (κ3) is 4.60. The van der Waals surface area contributed by atoms with Gasteiger partial charge in [-0.25, -0.2) is 18.4 Å². The van der Waals surface area contributed by atoms with E-state index in [0.29, 0.717) is 5.69 Å². The minimum absolute atomic E-state index is 0.225. The number of hydrogen-bond donors (Lipinski definition) is 1. The molecule has 0 unspecified atom stereocenters. The maximum atomic E-state index is 13.4. The van der Waals surface area contributed by atoms with Crippen molar-refractivity contribution in [1.82, 2.24) is 14.8 Å². The van der Waals surface area contributed by atoms with Gasteiger partial charge in [0.05, 0.1) is 5.69 Å². The second-order valence-corrected chi connectivity index (χ2v) is 5.32. The number of nitrogen functional groups attached to an aromatic ring is 1. The van der Waals surface area contributed by atoms with Gasteiger partial charge in [0.15, 0.2) is 5.82 Å². The van der Waals surface area contributed by atoms with Crippen LogP contribution in [0.5, 0.6) is 5.75 Å². The predicted molar refractivity (Wildman–Crippen MR) is 87.7 cm³/mol. The van der Waals surface area contributed by atoms with E-state index in [2.05, 4.69) is 14.8 Å².